The van der Waals surface area contributed by atoms with Gasteiger partial charge in [-0.2, -0.15) is 0 Å². The highest BCUT2D eigenvalue weighted by atomic mass is 16.5. The van der Waals surface area contributed by atoms with Gasteiger partial charge in [0, 0.05) is 12.1 Å². The van der Waals surface area contributed by atoms with Gasteiger partial charge in [-0.1, -0.05) is 23.8 Å². The molecule has 0 aromatic heterocycles. The normalized spacial score (nSPS) is 17.0. The van der Waals surface area contributed by atoms with Gasteiger partial charge < -0.3 is 9.64 Å². The Morgan fingerprint density at radius 3 is 2.59 bits per heavy atom. The van der Waals surface area contributed by atoms with Crippen LogP contribution in [0.1, 0.15) is 40.0 Å². The molecule has 1 atom stereocenters. The summed E-state index contributed by atoms with van der Waals surface area (Å²) in [6.45, 7) is 4.87. The average molecular weight is 295 g/mol. The quantitative estimate of drug-likeness (QED) is 0.844. The van der Waals surface area contributed by atoms with E-state index >= 15 is 0 Å². The zero-order valence-corrected chi connectivity index (χ0v) is 13.3. The molecular formula is C19H21NO2. The molecule has 0 radical (unpaired) electrons. The van der Waals surface area contributed by atoms with Crippen molar-refractivity contribution in [2.45, 2.75) is 26.3 Å². The first-order valence-electron chi connectivity index (χ1n) is 7.64. The van der Waals surface area contributed by atoms with Crippen LogP contribution in [0.2, 0.25) is 0 Å². The minimum absolute atomic E-state index is 0.0865. The highest BCUT2D eigenvalue weighted by Gasteiger charge is 2.28. The summed E-state index contributed by atoms with van der Waals surface area (Å²) in [6.07, 6.45) is 0.870. The van der Waals surface area contributed by atoms with Crippen LogP contribution in [0.25, 0.3) is 0 Å². The summed E-state index contributed by atoms with van der Waals surface area (Å²) in [5, 5.41) is 0. The Morgan fingerprint density at radius 2 is 1.91 bits per heavy atom. The van der Waals surface area contributed by atoms with Crippen LogP contribution in [0.3, 0.4) is 0 Å². The zero-order valence-electron chi connectivity index (χ0n) is 13.3. The summed E-state index contributed by atoms with van der Waals surface area (Å²) in [4.78, 5) is 14.7. The van der Waals surface area contributed by atoms with Crippen molar-refractivity contribution in [1.29, 1.82) is 0 Å². The minimum Gasteiger partial charge on any atom is -0.497 e. The predicted molar refractivity (Wildman–Crippen MR) is 87.3 cm³/mol. The van der Waals surface area contributed by atoms with Crippen LogP contribution in [0.5, 0.6) is 5.75 Å². The number of amides is 1. The molecule has 2 aromatic carbocycles. The zero-order chi connectivity index (χ0) is 15.7. The van der Waals surface area contributed by atoms with Crippen molar-refractivity contribution in [3.63, 3.8) is 0 Å². The molecule has 1 aliphatic rings. The number of methoxy groups -OCH3 is 1. The standard InChI is InChI=1S/C19H21NO2/c1-13-4-6-15(7-5-13)19(21)20-11-10-16-12-17(22-3)8-9-18(16)14(20)2/h4-9,12,14H,10-11H2,1-3H3. The Morgan fingerprint density at radius 1 is 1.18 bits per heavy atom. The van der Waals surface area contributed by atoms with E-state index in [0.717, 1.165) is 24.3 Å². The van der Waals surface area contributed by atoms with E-state index in [4.69, 9.17) is 4.74 Å². The van der Waals surface area contributed by atoms with Gasteiger partial charge in [-0.05, 0) is 55.7 Å². The summed E-state index contributed by atoms with van der Waals surface area (Å²) < 4.78 is 5.29. The molecule has 114 valence electrons. The molecule has 1 unspecified atom stereocenters. The molecule has 22 heavy (non-hydrogen) atoms. The van der Waals surface area contributed by atoms with Gasteiger partial charge in [-0.3, -0.25) is 4.79 Å². The van der Waals surface area contributed by atoms with Gasteiger partial charge in [-0.25, -0.2) is 0 Å². The third-order valence-corrected chi connectivity index (χ3v) is 4.45. The molecule has 3 nitrogen and oxygen atoms in total. The lowest BCUT2D eigenvalue weighted by Gasteiger charge is -2.35. The number of ether oxygens (including phenoxy) is 1. The first kappa shape index (κ1) is 14.6. The maximum atomic E-state index is 12.8. The van der Waals surface area contributed by atoms with Gasteiger partial charge in [-0.15, -0.1) is 0 Å². The molecule has 3 heteroatoms. The van der Waals surface area contributed by atoms with E-state index in [2.05, 4.69) is 19.1 Å². The van der Waals surface area contributed by atoms with Crippen molar-refractivity contribution in [2.75, 3.05) is 13.7 Å². The average Bonchev–Trinajstić information content (AvgIpc) is 2.55. The van der Waals surface area contributed by atoms with Crippen molar-refractivity contribution in [3.8, 4) is 5.75 Å². The second-order valence-electron chi connectivity index (χ2n) is 5.86. The number of carbonyl (C=O) groups excluding carboxylic acids is 1. The van der Waals surface area contributed by atoms with Crippen LogP contribution in [0, 0.1) is 6.92 Å². The van der Waals surface area contributed by atoms with Crippen LogP contribution < -0.4 is 4.74 Å². The third kappa shape index (κ3) is 2.59. The molecule has 2 aromatic rings. The van der Waals surface area contributed by atoms with Crippen molar-refractivity contribution in [3.05, 3.63) is 64.7 Å². The number of hydrogen-bond donors (Lipinski definition) is 0. The Hall–Kier alpha value is -2.29. The monoisotopic (exact) mass is 295 g/mol. The lowest BCUT2D eigenvalue weighted by molar-refractivity contribution is 0.0677. The van der Waals surface area contributed by atoms with Crippen molar-refractivity contribution >= 4 is 5.91 Å². The van der Waals surface area contributed by atoms with Gasteiger partial charge >= 0.3 is 0 Å². The molecule has 0 fully saturated rings. The second kappa shape index (κ2) is 5.84. The number of aryl methyl sites for hydroxylation is 1. The fraction of sp³-hybridized carbons (Fsp3) is 0.316. The number of carbonyl (C=O) groups is 1. The lowest BCUT2D eigenvalue weighted by atomic mass is 9.92. The second-order valence-corrected chi connectivity index (χ2v) is 5.86. The van der Waals surface area contributed by atoms with Crippen LogP contribution in [-0.2, 0) is 6.42 Å². The van der Waals surface area contributed by atoms with Gasteiger partial charge in [0.25, 0.3) is 5.91 Å². The van der Waals surface area contributed by atoms with E-state index < -0.39 is 0 Å². The molecule has 0 saturated carbocycles. The largest absolute Gasteiger partial charge is 0.497 e. The van der Waals surface area contributed by atoms with E-state index in [0.29, 0.717) is 0 Å². The summed E-state index contributed by atoms with van der Waals surface area (Å²) in [6, 6.07) is 14.0. The Kier molecular flexibility index (Phi) is 3.88. The molecule has 1 amide bonds. The smallest absolute Gasteiger partial charge is 0.254 e. The number of rotatable bonds is 2. The first-order valence-corrected chi connectivity index (χ1v) is 7.64. The molecular weight excluding hydrogens is 274 g/mol. The van der Waals surface area contributed by atoms with E-state index in [9.17, 15) is 4.79 Å². The maximum absolute atomic E-state index is 12.8. The fourth-order valence-electron chi connectivity index (χ4n) is 3.07. The molecule has 0 saturated heterocycles. The topological polar surface area (TPSA) is 29.5 Å². The predicted octanol–water partition coefficient (Wildman–Crippen LogP) is 3.76. The highest BCUT2D eigenvalue weighted by molar-refractivity contribution is 5.94. The molecule has 3 rings (SSSR count). The Bertz CT molecular complexity index is 691. The molecule has 1 heterocycles. The van der Waals surface area contributed by atoms with E-state index in [-0.39, 0.29) is 11.9 Å². The van der Waals surface area contributed by atoms with Crippen LogP contribution >= 0.6 is 0 Å². The molecule has 0 spiro atoms. The van der Waals surface area contributed by atoms with Gasteiger partial charge in [0.05, 0.1) is 13.2 Å². The SMILES string of the molecule is COc1ccc2c(c1)CCN(C(=O)c1ccc(C)cc1)C2C. The summed E-state index contributed by atoms with van der Waals surface area (Å²) in [5.41, 5.74) is 4.42. The van der Waals surface area contributed by atoms with Gasteiger partial charge in [0.15, 0.2) is 0 Å². The maximum Gasteiger partial charge on any atom is 0.254 e. The molecule has 1 aliphatic heterocycles. The molecule has 0 bridgehead atoms. The number of benzene rings is 2. The van der Waals surface area contributed by atoms with Crippen molar-refractivity contribution in [1.82, 2.24) is 4.90 Å². The summed E-state index contributed by atoms with van der Waals surface area (Å²) >= 11 is 0. The molecule has 0 N–H and O–H groups in total. The van der Waals surface area contributed by atoms with E-state index in [1.807, 2.05) is 42.2 Å². The van der Waals surface area contributed by atoms with Gasteiger partial charge in [0.2, 0.25) is 0 Å². The van der Waals surface area contributed by atoms with Crippen LogP contribution in [-0.4, -0.2) is 24.5 Å². The molecule has 0 aliphatic carbocycles. The minimum atomic E-state index is 0.0865. The van der Waals surface area contributed by atoms with E-state index in [1.54, 1.807) is 7.11 Å². The fourth-order valence-corrected chi connectivity index (χ4v) is 3.07. The first-order chi connectivity index (χ1) is 10.6. The van der Waals surface area contributed by atoms with E-state index in [1.165, 1.54) is 16.7 Å². The van der Waals surface area contributed by atoms with Crippen LogP contribution in [0.15, 0.2) is 42.5 Å². The number of hydrogen-bond acceptors (Lipinski definition) is 2. The Labute approximate surface area is 131 Å². The summed E-state index contributed by atoms with van der Waals surface area (Å²) in [5.74, 6) is 0.984. The summed E-state index contributed by atoms with van der Waals surface area (Å²) in [7, 11) is 1.68. The van der Waals surface area contributed by atoms with Crippen molar-refractivity contribution in [2.24, 2.45) is 0 Å². The number of nitrogens with zero attached hydrogens (tertiary/aromatic N) is 1. The van der Waals surface area contributed by atoms with Gasteiger partial charge in [0.1, 0.15) is 5.75 Å². The highest BCUT2D eigenvalue weighted by Crippen LogP contribution is 2.32. The van der Waals surface area contributed by atoms with Crippen LogP contribution in [0.4, 0.5) is 0 Å². The lowest BCUT2D eigenvalue weighted by Crippen LogP contribution is -2.38. The Balaban J connectivity index is 1.87. The van der Waals surface area contributed by atoms with Crippen molar-refractivity contribution < 1.29 is 9.53 Å². The third-order valence-electron chi connectivity index (χ3n) is 4.45. The number of fused-ring (bicyclic) bond motifs is 1.